The summed E-state index contributed by atoms with van der Waals surface area (Å²) in [5, 5.41) is 3.18. The lowest BCUT2D eigenvalue weighted by Gasteiger charge is -2.33. The molecule has 5 nitrogen and oxygen atoms in total. The molecule has 0 radical (unpaired) electrons. The standard InChI is InChI=1S/C23H22N2O3S/c26-23(22-12-6-10-20-9-4-5-11-21(20)22)24-14-16-25(17-15-24)29(27,28)18-13-19-7-2-1-3-8-19/h1-13,18H,14-17H2/b18-13-. The van der Waals surface area contributed by atoms with Crippen molar-refractivity contribution in [3.8, 4) is 0 Å². The molecule has 1 amide bonds. The highest BCUT2D eigenvalue weighted by molar-refractivity contribution is 7.92. The Morgan fingerprint density at radius 2 is 1.45 bits per heavy atom. The van der Waals surface area contributed by atoms with Crippen molar-refractivity contribution in [2.24, 2.45) is 0 Å². The second-order valence-electron chi connectivity index (χ2n) is 6.98. The molecule has 0 bridgehead atoms. The van der Waals surface area contributed by atoms with Gasteiger partial charge in [0.25, 0.3) is 5.91 Å². The number of benzene rings is 3. The van der Waals surface area contributed by atoms with Gasteiger partial charge in [0.1, 0.15) is 0 Å². The van der Waals surface area contributed by atoms with E-state index in [0.717, 1.165) is 16.3 Å². The van der Waals surface area contributed by atoms with Crippen molar-refractivity contribution in [1.29, 1.82) is 0 Å². The lowest BCUT2D eigenvalue weighted by atomic mass is 10.0. The molecule has 0 saturated carbocycles. The summed E-state index contributed by atoms with van der Waals surface area (Å²) in [6.07, 6.45) is 1.60. The summed E-state index contributed by atoms with van der Waals surface area (Å²) in [6, 6.07) is 22.8. The van der Waals surface area contributed by atoms with Crippen LogP contribution < -0.4 is 0 Å². The zero-order valence-electron chi connectivity index (χ0n) is 15.9. The number of piperazine rings is 1. The number of carbonyl (C=O) groups excluding carboxylic acids is 1. The van der Waals surface area contributed by atoms with Crippen molar-refractivity contribution < 1.29 is 13.2 Å². The van der Waals surface area contributed by atoms with E-state index in [-0.39, 0.29) is 19.0 Å². The highest BCUT2D eigenvalue weighted by Gasteiger charge is 2.28. The molecular formula is C23H22N2O3S. The lowest BCUT2D eigenvalue weighted by molar-refractivity contribution is 0.0700. The van der Waals surface area contributed by atoms with Gasteiger partial charge in [-0.2, -0.15) is 4.31 Å². The predicted molar refractivity (Wildman–Crippen MR) is 116 cm³/mol. The smallest absolute Gasteiger partial charge is 0.254 e. The van der Waals surface area contributed by atoms with Crippen LogP contribution in [0.2, 0.25) is 0 Å². The molecule has 0 atom stereocenters. The molecule has 148 valence electrons. The van der Waals surface area contributed by atoms with Crippen LogP contribution in [-0.2, 0) is 10.0 Å². The second kappa shape index (κ2) is 8.19. The molecular weight excluding hydrogens is 384 g/mol. The average Bonchev–Trinajstić information content (AvgIpc) is 2.78. The number of carbonyl (C=O) groups is 1. The maximum Gasteiger partial charge on any atom is 0.254 e. The summed E-state index contributed by atoms with van der Waals surface area (Å²) < 4.78 is 26.7. The molecule has 4 rings (SSSR count). The van der Waals surface area contributed by atoms with Crippen LogP contribution in [0, 0.1) is 0 Å². The van der Waals surface area contributed by atoms with Crippen LogP contribution >= 0.6 is 0 Å². The maximum absolute atomic E-state index is 13.0. The number of rotatable bonds is 4. The fraction of sp³-hybridized carbons (Fsp3) is 0.174. The van der Waals surface area contributed by atoms with E-state index in [0.29, 0.717) is 18.7 Å². The first-order valence-corrected chi connectivity index (χ1v) is 11.1. The normalized spacial score (nSPS) is 15.8. The van der Waals surface area contributed by atoms with Crippen LogP contribution in [0.15, 0.2) is 78.2 Å². The third kappa shape index (κ3) is 4.23. The number of nitrogens with zero attached hydrogens (tertiary/aromatic N) is 2. The van der Waals surface area contributed by atoms with E-state index in [9.17, 15) is 13.2 Å². The van der Waals surface area contributed by atoms with Gasteiger partial charge in [-0.1, -0.05) is 66.7 Å². The molecule has 3 aromatic carbocycles. The average molecular weight is 407 g/mol. The topological polar surface area (TPSA) is 57.7 Å². The summed E-state index contributed by atoms with van der Waals surface area (Å²) >= 11 is 0. The quantitative estimate of drug-likeness (QED) is 0.665. The van der Waals surface area contributed by atoms with E-state index in [1.54, 1.807) is 11.0 Å². The Kier molecular flexibility index (Phi) is 5.47. The minimum absolute atomic E-state index is 0.0568. The van der Waals surface area contributed by atoms with E-state index in [4.69, 9.17) is 0 Å². The van der Waals surface area contributed by atoms with E-state index in [1.165, 1.54) is 9.71 Å². The van der Waals surface area contributed by atoms with Gasteiger partial charge in [-0.15, -0.1) is 0 Å². The van der Waals surface area contributed by atoms with Crippen LogP contribution in [-0.4, -0.2) is 49.7 Å². The van der Waals surface area contributed by atoms with Gasteiger partial charge in [-0.05, 0) is 28.5 Å². The summed E-state index contributed by atoms with van der Waals surface area (Å²) in [5.41, 5.74) is 1.49. The van der Waals surface area contributed by atoms with Crippen LogP contribution in [0.4, 0.5) is 0 Å². The Hall–Kier alpha value is -2.96. The first-order valence-electron chi connectivity index (χ1n) is 9.55. The molecule has 0 aromatic heterocycles. The molecule has 1 aliphatic rings. The molecule has 1 aliphatic heterocycles. The van der Waals surface area contributed by atoms with Gasteiger partial charge in [0.05, 0.1) is 0 Å². The monoisotopic (exact) mass is 406 g/mol. The minimum atomic E-state index is -3.52. The Morgan fingerprint density at radius 1 is 0.793 bits per heavy atom. The maximum atomic E-state index is 13.0. The molecule has 0 aliphatic carbocycles. The SMILES string of the molecule is O=C(c1cccc2ccccc12)N1CCN(S(=O)(=O)/C=C\c2ccccc2)CC1. The van der Waals surface area contributed by atoms with Gasteiger partial charge in [-0.25, -0.2) is 8.42 Å². The van der Waals surface area contributed by atoms with E-state index in [2.05, 4.69) is 0 Å². The Balaban J connectivity index is 1.45. The van der Waals surface area contributed by atoms with Gasteiger partial charge in [-0.3, -0.25) is 4.79 Å². The van der Waals surface area contributed by atoms with Gasteiger partial charge in [0, 0.05) is 37.2 Å². The van der Waals surface area contributed by atoms with Crippen molar-refractivity contribution in [1.82, 2.24) is 9.21 Å². The summed E-state index contributed by atoms with van der Waals surface area (Å²) in [6.45, 7) is 1.33. The molecule has 1 heterocycles. The molecule has 0 N–H and O–H groups in total. The zero-order valence-corrected chi connectivity index (χ0v) is 16.8. The highest BCUT2D eigenvalue weighted by Crippen LogP contribution is 2.21. The van der Waals surface area contributed by atoms with Crippen LogP contribution in [0.3, 0.4) is 0 Å². The number of amides is 1. The molecule has 1 saturated heterocycles. The predicted octanol–water partition coefficient (Wildman–Crippen LogP) is 3.60. The summed E-state index contributed by atoms with van der Waals surface area (Å²) in [7, 11) is -3.52. The lowest BCUT2D eigenvalue weighted by Crippen LogP contribution is -2.50. The Morgan fingerprint density at radius 3 is 2.21 bits per heavy atom. The fourth-order valence-electron chi connectivity index (χ4n) is 3.54. The first-order chi connectivity index (χ1) is 14.0. The second-order valence-corrected chi connectivity index (χ2v) is 8.79. The van der Waals surface area contributed by atoms with E-state index < -0.39 is 10.0 Å². The van der Waals surface area contributed by atoms with Crippen molar-refractivity contribution in [3.63, 3.8) is 0 Å². The van der Waals surface area contributed by atoms with Gasteiger partial charge < -0.3 is 4.90 Å². The van der Waals surface area contributed by atoms with Crippen molar-refractivity contribution in [3.05, 3.63) is 89.3 Å². The van der Waals surface area contributed by atoms with Crippen LogP contribution in [0.1, 0.15) is 15.9 Å². The third-order valence-corrected chi connectivity index (χ3v) is 6.70. The molecule has 0 unspecified atom stereocenters. The molecule has 0 spiro atoms. The van der Waals surface area contributed by atoms with Gasteiger partial charge in [0.2, 0.25) is 10.0 Å². The van der Waals surface area contributed by atoms with Gasteiger partial charge >= 0.3 is 0 Å². The van der Waals surface area contributed by atoms with E-state index in [1.807, 2.05) is 72.8 Å². The summed E-state index contributed by atoms with van der Waals surface area (Å²) in [5.74, 6) is -0.0568. The summed E-state index contributed by atoms with van der Waals surface area (Å²) in [4.78, 5) is 14.8. The van der Waals surface area contributed by atoms with E-state index >= 15 is 0 Å². The molecule has 6 heteroatoms. The number of sulfonamides is 1. The fourth-order valence-corrected chi connectivity index (χ4v) is 4.72. The number of fused-ring (bicyclic) bond motifs is 1. The van der Waals surface area contributed by atoms with Crippen LogP contribution in [0.25, 0.3) is 16.8 Å². The molecule has 29 heavy (non-hydrogen) atoms. The van der Waals surface area contributed by atoms with Crippen molar-refractivity contribution in [2.45, 2.75) is 0 Å². The Bertz CT molecular complexity index is 1140. The number of hydrogen-bond donors (Lipinski definition) is 0. The van der Waals surface area contributed by atoms with Crippen molar-refractivity contribution in [2.75, 3.05) is 26.2 Å². The van der Waals surface area contributed by atoms with Crippen molar-refractivity contribution >= 4 is 32.8 Å². The molecule has 3 aromatic rings. The minimum Gasteiger partial charge on any atom is -0.336 e. The number of hydrogen-bond acceptors (Lipinski definition) is 3. The Labute approximate surface area is 170 Å². The third-order valence-electron chi connectivity index (χ3n) is 5.14. The van der Waals surface area contributed by atoms with Gasteiger partial charge in [0.15, 0.2) is 0 Å². The zero-order chi connectivity index (χ0) is 20.3. The largest absolute Gasteiger partial charge is 0.336 e. The first kappa shape index (κ1) is 19.4. The van der Waals surface area contributed by atoms with Crippen LogP contribution in [0.5, 0.6) is 0 Å². The molecule has 1 fully saturated rings. The highest BCUT2D eigenvalue weighted by atomic mass is 32.2.